The third-order valence-corrected chi connectivity index (χ3v) is 10.5. The number of benzene rings is 5. The summed E-state index contributed by atoms with van der Waals surface area (Å²) in [5.41, 5.74) is -6.14. The topological polar surface area (TPSA) is 75.6 Å². The molecule has 5 nitrogen and oxygen atoms in total. The Morgan fingerprint density at radius 2 is 1.22 bits per heavy atom. The Bertz CT molecular complexity index is 4100. The first-order chi connectivity index (χ1) is 39.5. The van der Waals surface area contributed by atoms with Crippen LogP contribution in [0.4, 0.5) is 0 Å². The van der Waals surface area contributed by atoms with E-state index in [0.717, 1.165) is 30.7 Å². The van der Waals surface area contributed by atoms with Crippen LogP contribution in [0.1, 0.15) is 104 Å². The molecule has 9 aromatic rings. The van der Waals surface area contributed by atoms with Crippen molar-refractivity contribution in [3.05, 3.63) is 207 Å². The van der Waals surface area contributed by atoms with E-state index in [1.54, 1.807) is 30.3 Å². The van der Waals surface area contributed by atoms with Crippen molar-refractivity contribution in [2.75, 3.05) is 0 Å². The number of nitriles is 1. The van der Waals surface area contributed by atoms with E-state index in [1.807, 2.05) is 6.07 Å². The molecule has 0 N–H and O–H groups in total. The SMILES string of the molecule is [2H]c1cc2c(oc3c(-c4ccc(C([2H])([2H])C([2H])([2H])c5cc(C([2H])([2H])C([2H])([2H])c6cnc(-c7[c-]cccc7)c7c6C([2H])([2H])CC7([2H])[2H])cc(C([2H])([2H])C([2H])([2H])c6cnc(-c7[c-]cccc7)c7c6C([2H])([2H])CC7([2H])[2H])c5)cn4)[c-]ccc32)c([2H])c1C#N.[Ir+3]. The minimum absolute atomic E-state index is 0. The van der Waals surface area contributed by atoms with E-state index in [0.29, 0.717) is 16.8 Å². The van der Waals surface area contributed by atoms with E-state index in [9.17, 15) is 21.7 Å². The second-order valence-electron chi connectivity index (χ2n) is 14.5. The van der Waals surface area contributed by atoms with Crippen molar-refractivity contribution in [1.29, 1.82) is 5.26 Å². The first-order valence-electron chi connectivity index (χ1n) is 30.9. The summed E-state index contributed by atoms with van der Waals surface area (Å²) in [4.78, 5) is 13.2. The van der Waals surface area contributed by atoms with Crippen LogP contribution in [-0.4, -0.2) is 15.0 Å². The van der Waals surface area contributed by atoms with Gasteiger partial charge in [-0.05, 0) is 150 Å². The molecule has 0 spiro atoms. The molecule has 0 atom stereocenters. The molecule has 2 aliphatic carbocycles. The molecule has 0 amide bonds. The molecule has 0 aliphatic heterocycles. The van der Waals surface area contributed by atoms with Crippen molar-refractivity contribution in [2.24, 2.45) is 0 Å². The number of rotatable bonds is 12. The smallest absolute Gasteiger partial charge is 0.501 e. The van der Waals surface area contributed by atoms with Gasteiger partial charge >= 0.3 is 20.1 Å². The first kappa shape index (κ1) is 23.4. The second kappa shape index (κ2) is 18.3. The zero-order chi connectivity index (χ0) is 61.8. The summed E-state index contributed by atoms with van der Waals surface area (Å²) in [5.74, 6) is 0. The third kappa shape index (κ3) is 8.23. The molecule has 0 unspecified atom stereocenters. The molecule has 11 rings (SSSR count). The first-order valence-corrected chi connectivity index (χ1v) is 19.9. The number of aryl methyl sites for hydroxylation is 6. The molecule has 0 saturated heterocycles. The molecule has 0 saturated carbocycles. The zero-order valence-corrected chi connectivity index (χ0v) is 35.8. The van der Waals surface area contributed by atoms with Gasteiger partial charge in [0.25, 0.3) is 0 Å². The Hall–Kier alpha value is -6.51. The van der Waals surface area contributed by atoms with Gasteiger partial charge in [-0.1, -0.05) is 58.5 Å². The van der Waals surface area contributed by atoms with E-state index in [1.165, 1.54) is 48.5 Å². The van der Waals surface area contributed by atoms with Crippen molar-refractivity contribution in [1.82, 2.24) is 15.0 Å². The molecular formula is C58H45IrN4O. The monoisotopic (exact) mass is 1030 g/mol. The van der Waals surface area contributed by atoms with Crippen molar-refractivity contribution < 1.29 is 54.7 Å². The third-order valence-electron chi connectivity index (χ3n) is 10.5. The van der Waals surface area contributed by atoms with Gasteiger partial charge in [-0.15, -0.1) is 90.0 Å². The largest absolute Gasteiger partial charge is 3.00 e. The number of fused-ring (bicyclic) bond motifs is 5. The molecule has 312 valence electrons. The van der Waals surface area contributed by atoms with Gasteiger partial charge < -0.3 is 19.4 Å². The Balaban J connectivity index is 0.00000820. The number of hydrogen-bond donors (Lipinski definition) is 0. The Morgan fingerprint density at radius 3 is 1.78 bits per heavy atom. The van der Waals surface area contributed by atoms with Crippen LogP contribution in [-0.2, 0) is 83.8 Å². The van der Waals surface area contributed by atoms with E-state index < -0.39 is 121 Å². The number of aromatic nitrogens is 3. The molecule has 4 heterocycles. The number of pyridine rings is 3. The van der Waals surface area contributed by atoms with Crippen LogP contribution < -0.4 is 0 Å². The van der Waals surface area contributed by atoms with Crippen LogP contribution in [0.2, 0.25) is 0 Å². The molecule has 0 bridgehead atoms. The predicted octanol–water partition coefficient (Wildman–Crippen LogP) is 12.4. The van der Waals surface area contributed by atoms with Crippen molar-refractivity contribution in [3.63, 3.8) is 0 Å². The van der Waals surface area contributed by atoms with Crippen LogP contribution >= 0.6 is 0 Å². The molecule has 4 aromatic heterocycles. The summed E-state index contributed by atoms with van der Waals surface area (Å²) in [6.45, 7) is 0. The van der Waals surface area contributed by atoms with Gasteiger partial charge in [-0.2, -0.15) is 5.26 Å². The fraction of sp³-hybridized carbons (Fsp3) is 0.207. The van der Waals surface area contributed by atoms with Crippen molar-refractivity contribution in [3.8, 4) is 39.8 Å². The molecule has 5 aromatic carbocycles. The summed E-state index contributed by atoms with van der Waals surface area (Å²) in [6.07, 6.45) is -30.2. The van der Waals surface area contributed by atoms with E-state index >= 15 is 0 Å². The average Bonchev–Trinajstić information content (AvgIpc) is 1.40. The van der Waals surface area contributed by atoms with Gasteiger partial charge in [0, 0.05) is 51.4 Å². The van der Waals surface area contributed by atoms with Crippen LogP contribution in [0, 0.1) is 29.5 Å². The molecule has 64 heavy (non-hydrogen) atoms. The normalized spacial score (nSPS) is 22.4. The van der Waals surface area contributed by atoms with E-state index in [4.69, 9.17) is 18.1 Å². The summed E-state index contributed by atoms with van der Waals surface area (Å²) in [7, 11) is 0. The van der Waals surface area contributed by atoms with Crippen LogP contribution in [0.15, 0.2) is 132 Å². The fourth-order valence-electron chi connectivity index (χ4n) is 7.60. The van der Waals surface area contributed by atoms with E-state index in [2.05, 4.69) is 33.2 Å². The Labute approximate surface area is 419 Å². The van der Waals surface area contributed by atoms with Gasteiger partial charge in [0.2, 0.25) is 0 Å². The fourth-order valence-corrected chi connectivity index (χ4v) is 7.60. The minimum atomic E-state index is -3.58. The van der Waals surface area contributed by atoms with Crippen LogP contribution in [0.3, 0.4) is 0 Å². The van der Waals surface area contributed by atoms with Gasteiger partial charge in [0.15, 0.2) is 0 Å². The average molecular weight is 1030 g/mol. The summed E-state index contributed by atoms with van der Waals surface area (Å²) in [6, 6.07) is 31.8. The Morgan fingerprint density at radius 1 is 0.625 bits per heavy atom. The molecular weight excluding hydrogens is 961 g/mol. The van der Waals surface area contributed by atoms with Crippen molar-refractivity contribution in [2.45, 2.75) is 76.6 Å². The maximum Gasteiger partial charge on any atom is 3.00 e. The quantitative estimate of drug-likeness (QED) is 0.114. The van der Waals surface area contributed by atoms with E-state index in [-0.39, 0.29) is 93.8 Å². The van der Waals surface area contributed by atoms with Gasteiger partial charge in [-0.3, -0.25) is 0 Å². The number of hydrogen-bond acceptors (Lipinski definition) is 5. The maximum absolute atomic E-state index is 9.75. The Kier molecular flexibility index (Phi) is 6.70. The van der Waals surface area contributed by atoms with Gasteiger partial charge in [0.1, 0.15) is 5.58 Å². The molecule has 0 radical (unpaired) electrons. The van der Waals surface area contributed by atoms with Gasteiger partial charge in [-0.25, -0.2) is 0 Å². The zero-order valence-electron chi connectivity index (χ0n) is 55.4. The second-order valence-corrected chi connectivity index (χ2v) is 14.5. The summed E-state index contributed by atoms with van der Waals surface area (Å²) < 4.78 is 211. The number of nitrogens with zero attached hydrogens (tertiary/aromatic N) is 4. The minimum Gasteiger partial charge on any atom is -0.501 e. The molecule has 6 heteroatoms. The van der Waals surface area contributed by atoms with Crippen LogP contribution in [0.5, 0.6) is 0 Å². The van der Waals surface area contributed by atoms with Crippen molar-refractivity contribution >= 4 is 21.9 Å². The maximum atomic E-state index is 9.75. The molecule has 2 aliphatic rings. The summed E-state index contributed by atoms with van der Waals surface area (Å²) >= 11 is 0. The molecule has 0 fully saturated rings. The summed E-state index contributed by atoms with van der Waals surface area (Å²) in [5, 5.41) is 10.4. The predicted molar refractivity (Wildman–Crippen MR) is 250 cm³/mol. The van der Waals surface area contributed by atoms with Gasteiger partial charge in [0.05, 0.1) is 20.0 Å². The standard InChI is InChI=1S/C58H45N4O.Ir/c59-34-42-24-28-49-52-18-9-19-53(58(52)63-55(49)33-42)54-29-25-38(35-60-54)20-21-39-30-40(22-26-45-36-61-56(43-10-3-1-4-11-43)50-16-7-14-47(45)50)32-41(31-39)23-27-46-37-62-57(44-12-5-2-6-13-44)51-17-8-15-48(46)51;/h1-6,9-10,12,18,24-25,28-33,35-37H,7-8,14-17,20-23,26-27H2;/q-3;+3/i14D2,15D2,16D2,17D2,20D2,21D2,22D2,23D2,24D,26D2,27D2,33D;. The van der Waals surface area contributed by atoms with Crippen LogP contribution in [0.25, 0.3) is 55.7 Å². The number of furan rings is 1.